The predicted octanol–water partition coefficient (Wildman–Crippen LogP) is 3.39. The molecule has 0 amide bonds. The average molecular weight is 392 g/mol. The minimum absolute atomic E-state index is 0.224. The number of Topliss-reactive ketones (excluding diaryl/α,β-unsaturated/α-hetero) is 2. The molecule has 1 aromatic carbocycles. The van der Waals surface area contributed by atoms with E-state index in [4.69, 9.17) is 4.74 Å². The van der Waals surface area contributed by atoms with E-state index in [-0.39, 0.29) is 11.6 Å². The molecule has 0 fully saturated rings. The number of aryl methyl sites for hydroxylation is 1. The van der Waals surface area contributed by atoms with Gasteiger partial charge >= 0.3 is 0 Å². The van der Waals surface area contributed by atoms with Crippen LogP contribution in [0.3, 0.4) is 0 Å². The number of carbonyl (C=O) groups is 2. The highest BCUT2D eigenvalue weighted by Gasteiger charge is 2.21. The van der Waals surface area contributed by atoms with Crippen molar-refractivity contribution in [1.82, 2.24) is 20.0 Å². The zero-order valence-corrected chi connectivity index (χ0v) is 16.5. The van der Waals surface area contributed by atoms with E-state index in [2.05, 4.69) is 15.3 Å². The topological polar surface area (TPSA) is 89.9 Å². The van der Waals surface area contributed by atoms with Crippen LogP contribution in [0.25, 0.3) is 0 Å². The Labute approximate surface area is 169 Å². The van der Waals surface area contributed by atoms with Crippen molar-refractivity contribution in [3.8, 4) is 5.75 Å². The molecule has 2 aromatic heterocycles. The number of methoxy groups -OCH3 is 1. The van der Waals surface area contributed by atoms with Crippen molar-refractivity contribution in [2.45, 2.75) is 45.1 Å². The Balaban J connectivity index is 0.000000171. The largest absolute Gasteiger partial charge is 0.497 e. The zero-order valence-electron chi connectivity index (χ0n) is 16.5. The normalized spacial score (nSPS) is 15.2. The molecule has 0 saturated carbocycles. The number of rotatable bonds is 3. The van der Waals surface area contributed by atoms with Gasteiger partial charge in [-0.25, -0.2) is 0 Å². The van der Waals surface area contributed by atoms with Crippen molar-refractivity contribution >= 4 is 11.6 Å². The first kappa shape index (κ1) is 19.1. The second-order valence-corrected chi connectivity index (χ2v) is 7.33. The summed E-state index contributed by atoms with van der Waals surface area (Å²) in [4.78, 5) is 22.9. The van der Waals surface area contributed by atoms with Crippen molar-refractivity contribution in [3.63, 3.8) is 0 Å². The Morgan fingerprint density at radius 1 is 0.966 bits per heavy atom. The summed E-state index contributed by atoms with van der Waals surface area (Å²) in [6.07, 6.45) is 8.48. The minimum Gasteiger partial charge on any atom is -0.497 e. The molecule has 0 saturated heterocycles. The van der Waals surface area contributed by atoms with Crippen LogP contribution in [-0.2, 0) is 19.4 Å². The summed E-state index contributed by atoms with van der Waals surface area (Å²) in [5.41, 5.74) is 4.85. The lowest BCUT2D eigenvalue weighted by molar-refractivity contribution is 0.0964. The van der Waals surface area contributed by atoms with Crippen molar-refractivity contribution < 1.29 is 14.3 Å². The van der Waals surface area contributed by atoms with Crippen LogP contribution in [0.15, 0.2) is 36.7 Å². The van der Waals surface area contributed by atoms with Crippen LogP contribution in [0, 0.1) is 0 Å². The van der Waals surface area contributed by atoms with Crippen LogP contribution in [-0.4, -0.2) is 38.7 Å². The summed E-state index contributed by atoms with van der Waals surface area (Å²) in [5, 5.41) is 11.0. The van der Waals surface area contributed by atoms with Crippen LogP contribution in [0.2, 0.25) is 0 Å². The number of H-pyrrole nitrogens is 1. The van der Waals surface area contributed by atoms with Crippen LogP contribution in [0.1, 0.15) is 63.4 Å². The molecule has 29 heavy (non-hydrogen) atoms. The van der Waals surface area contributed by atoms with Crippen molar-refractivity contribution in [2.75, 3.05) is 7.11 Å². The molecule has 1 N–H and O–H groups in total. The van der Waals surface area contributed by atoms with Gasteiger partial charge in [-0.15, -0.1) is 0 Å². The lowest BCUT2D eigenvalue weighted by Crippen LogP contribution is -2.14. The number of nitrogens with zero attached hydrogens (tertiary/aromatic N) is 3. The Morgan fingerprint density at radius 3 is 2.41 bits per heavy atom. The van der Waals surface area contributed by atoms with Gasteiger partial charge in [-0.1, -0.05) is 12.1 Å². The van der Waals surface area contributed by atoms with Gasteiger partial charge in [0.1, 0.15) is 5.75 Å². The maximum absolute atomic E-state index is 11.8. The van der Waals surface area contributed by atoms with E-state index in [1.54, 1.807) is 19.5 Å². The molecule has 2 aliphatic rings. The van der Waals surface area contributed by atoms with E-state index < -0.39 is 0 Å². The Hall–Kier alpha value is -3.22. The van der Waals surface area contributed by atoms with Gasteiger partial charge in [-0.2, -0.15) is 10.2 Å². The lowest BCUT2D eigenvalue weighted by atomic mass is 9.97. The lowest BCUT2D eigenvalue weighted by Gasteiger charge is -2.13. The summed E-state index contributed by atoms with van der Waals surface area (Å²) < 4.78 is 7.08. The van der Waals surface area contributed by atoms with Gasteiger partial charge in [0.25, 0.3) is 0 Å². The van der Waals surface area contributed by atoms with E-state index >= 15 is 0 Å². The number of fused-ring (bicyclic) bond motifs is 2. The van der Waals surface area contributed by atoms with Crippen molar-refractivity contribution in [3.05, 3.63) is 64.7 Å². The zero-order chi connectivity index (χ0) is 20.2. The van der Waals surface area contributed by atoms with Crippen LogP contribution in [0.4, 0.5) is 0 Å². The quantitative estimate of drug-likeness (QED) is 0.738. The van der Waals surface area contributed by atoms with E-state index in [0.29, 0.717) is 19.4 Å². The number of carbonyl (C=O) groups excluding carboxylic acids is 2. The molecular formula is C22H24N4O3. The number of ether oxygens (including phenoxy) is 1. The van der Waals surface area contributed by atoms with Gasteiger partial charge in [0.15, 0.2) is 11.6 Å². The first-order chi connectivity index (χ1) is 14.2. The fraction of sp³-hybridized carbons (Fsp3) is 0.364. The van der Waals surface area contributed by atoms with Crippen molar-refractivity contribution in [1.29, 1.82) is 0 Å². The third-order valence-electron chi connectivity index (χ3n) is 5.41. The third-order valence-corrected chi connectivity index (χ3v) is 5.41. The number of aromatic nitrogens is 4. The van der Waals surface area contributed by atoms with E-state index in [0.717, 1.165) is 59.5 Å². The molecule has 5 rings (SSSR count). The molecule has 2 aliphatic carbocycles. The summed E-state index contributed by atoms with van der Waals surface area (Å²) in [6, 6.07) is 7.93. The molecule has 2 heterocycles. The molecule has 7 nitrogen and oxygen atoms in total. The van der Waals surface area contributed by atoms with Crippen LogP contribution < -0.4 is 4.74 Å². The number of hydrogen-bond donors (Lipinski definition) is 1. The Morgan fingerprint density at radius 2 is 1.69 bits per heavy atom. The van der Waals surface area contributed by atoms with Gasteiger partial charge in [0.2, 0.25) is 0 Å². The molecular weight excluding hydrogens is 368 g/mol. The highest BCUT2D eigenvalue weighted by atomic mass is 16.5. The molecule has 0 aliphatic heterocycles. The average Bonchev–Trinajstić information content (AvgIpc) is 3.38. The maximum atomic E-state index is 11.8. The molecule has 0 atom stereocenters. The second-order valence-electron chi connectivity index (χ2n) is 7.33. The predicted molar refractivity (Wildman–Crippen MR) is 107 cm³/mol. The maximum Gasteiger partial charge on any atom is 0.166 e. The van der Waals surface area contributed by atoms with Crippen LogP contribution in [0.5, 0.6) is 5.75 Å². The second kappa shape index (κ2) is 8.43. The number of nitrogens with one attached hydrogen (secondary N) is 1. The summed E-state index contributed by atoms with van der Waals surface area (Å²) in [5.74, 6) is 1.30. The number of hydrogen-bond acceptors (Lipinski definition) is 5. The van der Waals surface area contributed by atoms with Gasteiger partial charge < -0.3 is 4.74 Å². The molecule has 0 spiro atoms. The first-order valence-corrected chi connectivity index (χ1v) is 9.92. The third kappa shape index (κ3) is 4.13. The van der Waals surface area contributed by atoms with Gasteiger partial charge in [-0.3, -0.25) is 19.4 Å². The van der Waals surface area contributed by atoms with Gasteiger partial charge in [0.05, 0.1) is 37.2 Å². The highest BCUT2D eigenvalue weighted by Crippen LogP contribution is 2.22. The van der Waals surface area contributed by atoms with E-state index in [1.807, 2.05) is 28.9 Å². The Kier molecular flexibility index (Phi) is 5.55. The smallest absolute Gasteiger partial charge is 0.166 e. The van der Waals surface area contributed by atoms with Crippen LogP contribution >= 0.6 is 0 Å². The van der Waals surface area contributed by atoms with Gasteiger partial charge in [-0.05, 0) is 43.4 Å². The summed E-state index contributed by atoms with van der Waals surface area (Å²) in [6.45, 7) is 0.701. The fourth-order valence-electron chi connectivity index (χ4n) is 3.80. The molecule has 7 heteroatoms. The molecule has 0 radical (unpaired) electrons. The molecule has 0 unspecified atom stereocenters. The number of aromatic amines is 1. The minimum atomic E-state index is 0.224. The fourth-order valence-corrected chi connectivity index (χ4v) is 3.80. The SMILES string of the molecule is COc1ccc(Cn2ncc3c2CCCC3=O)cc1.O=C1CCCc2[nH]ncc21. The highest BCUT2D eigenvalue weighted by molar-refractivity contribution is 5.98. The molecule has 3 aromatic rings. The number of benzene rings is 1. The number of ketones is 2. The van der Waals surface area contributed by atoms with Crippen molar-refractivity contribution in [2.24, 2.45) is 0 Å². The Bertz CT molecular complexity index is 1020. The first-order valence-electron chi connectivity index (χ1n) is 9.92. The monoisotopic (exact) mass is 392 g/mol. The molecule has 150 valence electrons. The molecule has 0 bridgehead atoms. The van der Waals surface area contributed by atoms with E-state index in [1.165, 1.54) is 0 Å². The van der Waals surface area contributed by atoms with E-state index in [9.17, 15) is 9.59 Å². The summed E-state index contributed by atoms with van der Waals surface area (Å²) >= 11 is 0. The van der Waals surface area contributed by atoms with Gasteiger partial charge in [0, 0.05) is 24.2 Å². The standard InChI is InChI=1S/C15H16N2O2.C7H8N2O/c1-19-12-7-5-11(6-8-12)10-17-14-3-2-4-15(18)13(14)9-16-17;10-7-3-1-2-6-5(7)4-8-9-6/h5-9H,2-4,10H2,1H3;4H,1-3H2,(H,8,9). The summed E-state index contributed by atoms with van der Waals surface area (Å²) in [7, 11) is 1.66.